The third-order valence-corrected chi connectivity index (χ3v) is 16.4. The quantitative estimate of drug-likeness (QED) is 0.0233. The molecule has 0 unspecified atom stereocenters. The van der Waals surface area contributed by atoms with Gasteiger partial charge >= 0.3 is 11.9 Å². The molecule has 0 aliphatic heterocycles. The number of nitrogen functional groups attached to an aromatic ring is 1. The number of aromatic nitrogens is 4. The number of nitrogens with zero attached hydrogens (tertiary/aromatic N) is 3. The fraction of sp³-hybridized carbons (Fsp3) is 0.607. The highest BCUT2D eigenvalue weighted by Crippen LogP contribution is 2.15. The minimum absolute atomic E-state index is 0.00567. The average molecular weight is 1560 g/mol. The molecule has 0 radical (unpaired) electrons. The van der Waals surface area contributed by atoms with Crippen LogP contribution in [0.15, 0.2) is 35.3 Å². The molecule has 19 atom stereocenters. The molecule has 0 saturated carbocycles. The van der Waals surface area contributed by atoms with Crippen LogP contribution in [-0.2, 0) is 59.3 Å². The lowest BCUT2D eigenvalue weighted by atomic mass is 10.0. The zero-order valence-electron chi connectivity index (χ0n) is 57.9. The topological polar surface area (TPSA) is 779 Å². The summed E-state index contributed by atoms with van der Waals surface area (Å²) in [5, 5.41) is 193. The van der Waals surface area contributed by atoms with Gasteiger partial charge in [-0.2, -0.15) is 17.6 Å². The van der Waals surface area contributed by atoms with Gasteiger partial charge in [-0.1, -0.05) is 0 Å². The van der Waals surface area contributed by atoms with Gasteiger partial charge in [0.1, 0.15) is 97.2 Å². The van der Waals surface area contributed by atoms with Gasteiger partial charge in [-0.05, 0) is 63.8 Å². The van der Waals surface area contributed by atoms with Gasteiger partial charge in [-0.25, -0.2) is 19.6 Å². The van der Waals surface area contributed by atoms with Crippen LogP contribution >= 0.6 is 12.6 Å². The van der Waals surface area contributed by atoms with Crippen molar-refractivity contribution in [3.63, 3.8) is 0 Å². The molecule has 0 aliphatic carbocycles. The molecule has 46 nitrogen and oxygen atoms in total. The van der Waals surface area contributed by atoms with Crippen LogP contribution in [0.25, 0.3) is 11.2 Å². The van der Waals surface area contributed by atoms with Crippen LogP contribution in [0.1, 0.15) is 81.3 Å². The van der Waals surface area contributed by atoms with Crippen LogP contribution in [0.2, 0.25) is 0 Å². The summed E-state index contributed by atoms with van der Waals surface area (Å²) in [6.45, 7) is -3.48. The van der Waals surface area contributed by atoms with E-state index in [1.54, 1.807) is 0 Å². The SMILES string of the molecule is C[C@@H](NC(=O)[C@H](CCC(=O)NC[C@H](O)[C@@H](O)[C@H](O)[C@H](O)CO)NC(=O)CC[C@H](NC(=O)c1ccc(NCc2cnc3nc(N)[nH]c(=O)c3n2)cc1)C(=O)O)C(=O)N[C@@H](CCC(=O)NC[C@H](O)[C@@H](O)[C@H](O)[C@H](O)CO)C(=O)N[C@H](C)C(=O)N[C@@H](CCC(=O)NC[C@H](O)[C@@H](O)[C@H](O)[C@H](O)CO)C(=O)N[C@H](CS)C(=O)O. The lowest BCUT2D eigenvalue weighted by Crippen LogP contribution is -2.59. The minimum Gasteiger partial charge on any atom is -0.480 e. The first-order chi connectivity index (χ1) is 50.8. The molecule has 2 aromatic heterocycles. The van der Waals surface area contributed by atoms with E-state index in [0.29, 0.717) is 11.4 Å². The van der Waals surface area contributed by atoms with Crippen LogP contribution in [0.3, 0.4) is 0 Å². The van der Waals surface area contributed by atoms with Crippen LogP contribution in [0.4, 0.5) is 11.6 Å². The van der Waals surface area contributed by atoms with Crippen LogP contribution < -0.4 is 69.8 Å². The number of hydrogen-bond acceptors (Lipinski definition) is 34. The van der Waals surface area contributed by atoms with E-state index in [-0.39, 0.29) is 29.2 Å². The summed E-state index contributed by atoms with van der Waals surface area (Å²) >= 11 is 3.88. The molecule has 3 rings (SSSR count). The highest BCUT2D eigenvalue weighted by atomic mass is 32.1. The molecule has 1 aromatic carbocycles. The van der Waals surface area contributed by atoms with Gasteiger partial charge < -0.3 is 151 Å². The number of thiol groups is 1. The van der Waals surface area contributed by atoms with Gasteiger partial charge in [0.05, 0.1) is 56.6 Å². The van der Waals surface area contributed by atoms with Crippen LogP contribution in [0.5, 0.6) is 0 Å². The van der Waals surface area contributed by atoms with Gasteiger partial charge in [-0.15, -0.1) is 0 Å². The van der Waals surface area contributed by atoms with Crippen molar-refractivity contribution >= 4 is 106 Å². The van der Waals surface area contributed by atoms with Crippen LogP contribution in [0, 0.1) is 0 Å². The molecular formula is C61H94N16O30S. The number of aliphatic hydroxyl groups excluding tert-OH is 15. The van der Waals surface area contributed by atoms with Crippen molar-refractivity contribution < 1.29 is 144 Å². The number of hydrogen-bond donors (Lipinski definition) is 31. The second kappa shape index (κ2) is 45.9. The molecule has 2 heterocycles. The largest absolute Gasteiger partial charge is 0.480 e. The van der Waals surface area contributed by atoms with Gasteiger partial charge in [0, 0.05) is 62.3 Å². The van der Waals surface area contributed by atoms with E-state index in [9.17, 15) is 134 Å². The minimum atomic E-state index is -2.15. The summed E-state index contributed by atoms with van der Waals surface area (Å²) < 4.78 is 0. The fourth-order valence-corrected chi connectivity index (χ4v) is 9.69. The van der Waals surface area contributed by atoms with E-state index in [4.69, 9.17) is 21.1 Å². The van der Waals surface area contributed by atoms with Crippen molar-refractivity contribution in [3.8, 4) is 0 Å². The zero-order chi connectivity index (χ0) is 81.4. The van der Waals surface area contributed by atoms with E-state index < -0.39 is 289 Å². The van der Waals surface area contributed by atoms with E-state index in [0.717, 1.165) is 13.8 Å². The Labute approximate surface area is 617 Å². The predicted octanol–water partition coefficient (Wildman–Crippen LogP) is -14.2. The molecule has 0 bridgehead atoms. The number of carboxylic acid groups (broad SMARTS) is 2. The number of aliphatic carboxylic acids is 2. The Bertz CT molecular complexity index is 3570. The number of carboxylic acids is 2. The number of aliphatic hydroxyl groups is 15. The molecule has 0 aliphatic rings. The molecule has 31 N–H and O–H groups in total. The highest BCUT2D eigenvalue weighted by Gasteiger charge is 2.36. The lowest BCUT2D eigenvalue weighted by Gasteiger charge is -2.26. The first-order valence-corrected chi connectivity index (χ1v) is 33.7. The Morgan fingerprint density at radius 1 is 0.463 bits per heavy atom. The second-order valence-electron chi connectivity index (χ2n) is 24.5. The van der Waals surface area contributed by atoms with E-state index in [1.807, 2.05) is 0 Å². The Hall–Kier alpha value is -9.57. The van der Waals surface area contributed by atoms with Crippen molar-refractivity contribution in [1.29, 1.82) is 0 Å². The van der Waals surface area contributed by atoms with Gasteiger partial charge in [-0.3, -0.25) is 57.7 Å². The molecule has 10 amide bonds. The lowest BCUT2D eigenvalue weighted by molar-refractivity contribution is -0.142. The number of anilines is 2. The van der Waals surface area contributed by atoms with Gasteiger partial charge in [0.2, 0.25) is 59.1 Å². The Morgan fingerprint density at radius 3 is 1.21 bits per heavy atom. The van der Waals surface area contributed by atoms with Gasteiger partial charge in [0.15, 0.2) is 11.2 Å². The van der Waals surface area contributed by atoms with Crippen LogP contribution in [-0.4, -0.2) is 339 Å². The maximum Gasteiger partial charge on any atom is 0.327 e. The number of rotatable bonds is 49. The standard InChI is InChI=1S/C61H94N16O30S/c1-24(52(97)72-30(8-12-41(88)65-18-35(82)46(92)49(95)38(85)21-79)56(101)69-25(2)53(98)73-31(57(102)75-33(23-108)60(106)107)9-13-42(89)66-19-36(83)47(93)50(96)39(86)22-80)68-55(100)29(7-11-40(87)64-17-34(81)45(91)48(94)37(84)20-78)71-43(90)14-10-32(59(104)105)74-54(99)26-3-5-27(6-4-26)63-15-28-16-67-51-44(70-28)58(103)77-61(62)76-51/h3-6,16,24-25,29-39,45-50,63,78-86,91-96,108H,7-15,17-23H2,1-2H3,(H,64,87)(H,65,88)(H,66,89)(H,68,100)(H,69,101)(H,71,90)(H,72,97)(H,73,98)(H,74,99)(H,75,102)(H,104,105)(H,106,107)(H3,62,67,76,77,103)/t24-,25-,29+,30+,31+,32+,33-,34+,35+,36+,37-,38-,39-,45-,46-,47-,48-,49-,50-/m1/s1. The van der Waals surface area contributed by atoms with Crippen molar-refractivity contribution in [2.75, 3.05) is 56.3 Å². The van der Waals surface area contributed by atoms with E-state index in [1.165, 1.54) is 30.5 Å². The number of amides is 10. The van der Waals surface area contributed by atoms with Crippen molar-refractivity contribution in [2.24, 2.45) is 0 Å². The van der Waals surface area contributed by atoms with Gasteiger partial charge in [0.25, 0.3) is 11.5 Å². The second-order valence-corrected chi connectivity index (χ2v) is 24.9. The molecule has 0 fully saturated rings. The van der Waals surface area contributed by atoms with Crippen molar-refractivity contribution in [2.45, 2.75) is 187 Å². The maximum atomic E-state index is 14.1. The summed E-state index contributed by atoms with van der Waals surface area (Å²) in [4.78, 5) is 187. The number of carbonyl (C=O) groups is 12. The smallest absolute Gasteiger partial charge is 0.327 e. The summed E-state index contributed by atoms with van der Waals surface area (Å²) in [5.74, 6) is -15.3. The summed E-state index contributed by atoms with van der Waals surface area (Å²) in [6.07, 6.45) is -28.7. The number of carbonyl (C=O) groups excluding carboxylic acids is 10. The number of benzene rings is 1. The van der Waals surface area contributed by atoms with Crippen molar-refractivity contribution in [1.82, 2.24) is 73.1 Å². The third-order valence-electron chi connectivity index (χ3n) is 16.1. The average Bonchev–Trinajstić information content (AvgIpc) is 0.811. The Kier molecular flexibility index (Phi) is 39.4. The molecular weight excluding hydrogens is 1470 g/mol. The molecule has 0 spiro atoms. The third kappa shape index (κ3) is 30.6. The first-order valence-electron chi connectivity index (χ1n) is 33.1. The number of aromatic amines is 1. The summed E-state index contributed by atoms with van der Waals surface area (Å²) in [7, 11) is 0. The monoisotopic (exact) mass is 1560 g/mol. The van der Waals surface area contributed by atoms with E-state index >= 15 is 0 Å². The Balaban J connectivity index is 1.88. The Morgan fingerprint density at radius 2 is 0.824 bits per heavy atom. The normalized spacial score (nSPS) is 16.7. The van der Waals surface area contributed by atoms with E-state index in [2.05, 4.69) is 91.0 Å². The van der Waals surface area contributed by atoms with Crippen molar-refractivity contribution in [3.05, 3.63) is 52.1 Å². The highest BCUT2D eigenvalue weighted by molar-refractivity contribution is 7.80. The maximum absolute atomic E-state index is 14.1. The molecule has 0 saturated heterocycles. The number of nitrogens with one attached hydrogen (secondary N) is 12. The summed E-state index contributed by atoms with van der Waals surface area (Å²) in [5.41, 5.74) is 5.54. The number of fused-ring (bicyclic) bond motifs is 1. The molecule has 108 heavy (non-hydrogen) atoms. The first kappa shape index (κ1) is 92.6. The number of nitrogens with two attached hydrogens (primary N) is 1. The zero-order valence-corrected chi connectivity index (χ0v) is 58.8. The summed E-state index contributed by atoms with van der Waals surface area (Å²) in [6, 6.07) is -7.12. The fourth-order valence-electron chi connectivity index (χ4n) is 9.44. The molecule has 47 heteroatoms. The number of H-pyrrole nitrogens is 1. The molecule has 3 aromatic rings. The predicted molar refractivity (Wildman–Crippen MR) is 369 cm³/mol. The molecule has 604 valence electrons.